The van der Waals surface area contributed by atoms with Crippen molar-refractivity contribution < 1.29 is 4.42 Å². The van der Waals surface area contributed by atoms with Crippen LogP contribution in [0.4, 0.5) is 0 Å². The van der Waals surface area contributed by atoms with Gasteiger partial charge in [0.2, 0.25) is 0 Å². The lowest BCUT2D eigenvalue weighted by molar-refractivity contribution is 0.669. The highest BCUT2D eigenvalue weighted by Gasteiger charge is 2.11. The first-order valence-electron chi connectivity index (χ1n) is 10.9. The third-order valence-corrected chi connectivity index (χ3v) is 6.14. The molecule has 0 amide bonds. The quantitative estimate of drug-likeness (QED) is 0.284. The van der Waals surface area contributed by atoms with E-state index in [1.807, 2.05) is 12.1 Å². The topological polar surface area (TPSA) is 13.1 Å². The number of hydrogen-bond acceptors (Lipinski definition) is 1. The summed E-state index contributed by atoms with van der Waals surface area (Å²) in [7, 11) is 0. The summed E-state index contributed by atoms with van der Waals surface area (Å²) < 4.78 is 6.04. The molecule has 1 heteroatoms. The molecule has 0 unspecified atom stereocenters. The minimum atomic E-state index is 0.924. The maximum atomic E-state index is 6.04. The first kappa shape index (κ1) is 18.7. The van der Waals surface area contributed by atoms with E-state index in [9.17, 15) is 0 Å². The Labute approximate surface area is 187 Å². The number of benzene rings is 5. The van der Waals surface area contributed by atoms with Crippen LogP contribution in [0.25, 0.3) is 55.3 Å². The van der Waals surface area contributed by atoms with E-state index in [0.717, 1.165) is 21.9 Å². The van der Waals surface area contributed by atoms with E-state index in [1.54, 1.807) is 0 Å². The van der Waals surface area contributed by atoms with Crippen LogP contribution in [0.3, 0.4) is 0 Å². The molecule has 0 spiro atoms. The minimum Gasteiger partial charge on any atom is -0.456 e. The monoisotopic (exact) mass is 410 g/mol. The Hall–Kier alpha value is -4.10. The molecular weight excluding hydrogens is 388 g/mol. The molecule has 0 N–H and O–H groups in total. The summed E-state index contributed by atoms with van der Waals surface area (Å²) in [5, 5.41) is 2.31. The van der Waals surface area contributed by atoms with Crippen molar-refractivity contribution in [3.63, 3.8) is 0 Å². The van der Waals surface area contributed by atoms with E-state index in [0.29, 0.717) is 0 Å². The SMILES string of the molecule is Cc1ccc(-c2cc(-c3ccccc3)cc(-c3ccc4oc5ccccc5c4c3)c2)cc1. The van der Waals surface area contributed by atoms with E-state index >= 15 is 0 Å². The average Bonchev–Trinajstić information content (AvgIpc) is 3.23. The predicted octanol–water partition coefficient (Wildman–Crippen LogP) is 8.90. The molecule has 6 rings (SSSR count). The van der Waals surface area contributed by atoms with Crippen molar-refractivity contribution in [2.75, 3.05) is 0 Å². The lowest BCUT2D eigenvalue weighted by atomic mass is 9.92. The molecule has 0 atom stereocenters. The molecule has 0 saturated carbocycles. The molecule has 152 valence electrons. The largest absolute Gasteiger partial charge is 0.456 e. The number of rotatable bonds is 3. The highest BCUT2D eigenvalue weighted by atomic mass is 16.3. The van der Waals surface area contributed by atoms with Gasteiger partial charge in [-0.15, -0.1) is 0 Å². The Kier molecular flexibility index (Phi) is 4.40. The van der Waals surface area contributed by atoms with E-state index < -0.39 is 0 Å². The van der Waals surface area contributed by atoms with Gasteiger partial charge in [-0.3, -0.25) is 0 Å². The van der Waals surface area contributed by atoms with Gasteiger partial charge in [-0.25, -0.2) is 0 Å². The summed E-state index contributed by atoms with van der Waals surface area (Å²) in [6.45, 7) is 2.13. The summed E-state index contributed by atoms with van der Waals surface area (Å²) in [6, 6.07) is 41.0. The lowest BCUT2D eigenvalue weighted by Gasteiger charge is -2.12. The predicted molar refractivity (Wildman–Crippen MR) is 135 cm³/mol. The zero-order valence-corrected chi connectivity index (χ0v) is 17.9. The van der Waals surface area contributed by atoms with Crippen LogP contribution in [0.2, 0.25) is 0 Å². The van der Waals surface area contributed by atoms with Gasteiger partial charge in [0.05, 0.1) is 0 Å². The Morgan fingerprint density at radius 1 is 0.406 bits per heavy atom. The summed E-state index contributed by atoms with van der Waals surface area (Å²) in [6.07, 6.45) is 0. The van der Waals surface area contributed by atoms with Crippen LogP contribution in [0.15, 0.2) is 120 Å². The van der Waals surface area contributed by atoms with Crippen molar-refractivity contribution in [2.24, 2.45) is 0 Å². The van der Waals surface area contributed by atoms with E-state index in [1.165, 1.54) is 38.9 Å². The molecule has 0 radical (unpaired) electrons. The van der Waals surface area contributed by atoms with Gasteiger partial charge < -0.3 is 4.42 Å². The molecule has 1 nitrogen and oxygen atoms in total. The van der Waals surface area contributed by atoms with Gasteiger partial charge in [0.25, 0.3) is 0 Å². The van der Waals surface area contributed by atoms with Crippen molar-refractivity contribution in [1.29, 1.82) is 0 Å². The maximum Gasteiger partial charge on any atom is 0.135 e. The van der Waals surface area contributed by atoms with E-state index in [4.69, 9.17) is 4.42 Å². The third kappa shape index (κ3) is 3.29. The first-order chi connectivity index (χ1) is 15.7. The third-order valence-electron chi connectivity index (χ3n) is 6.14. The number of furan rings is 1. The molecule has 1 aromatic heterocycles. The summed E-state index contributed by atoms with van der Waals surface area (Å²) in [5.41, 5.74) is 10.4. The summed E-state index contributed by atoms with van der Waals surface area (Å²) >= 11 is 0. The van der Waals surface area contributed by atoms with Crippen LogP contribution in [-0.4, -0.2) is 0 Å². The summed E-state index contributed by atoms with van der Waals surface area (Å²) in [4.78, 5) is 0. The second-order valence-corrected chi connectivity index (χ2v) is 8.34. The fraction of sp³-hybridized carbons (Fsp3) is 0.0323. The first-order valence-corrected chi connectivity index (χ1v) is 10.9. The highest BCUT2D eigenvalue weighted by molar-refractivity contribution is 6.06. The van der Waals surface area contributed by atoms with Crippen molar-refractivity contribution in [2.45, 2.75) is 6.92 Å². The van der Waals surface area contributed by atoms with Gasteiger partial charge in [-0.1, -0.05) is 84.4 Å². The molecule has 32 heavy (non-hydrogen) atoms. The number of aryl methyl sites for hydroxylation is 1. The highest BCUT2D eigenvalue weighted by Crippen LogP contribution is 2.36. The molecule has 0 fully saturated rings. The normalized spacial score (nSPS) is 11.3. The molecule has 0 aliphatic carbocycles. The zero-order valence-electron chi connectivity index (χ0n) is 17.9. The van der Waals surface area contributed by atoms with Crippen molar-refractivity contribution in [3.05, 3.63) is 121 Å². The molecule has 0 aliphatic rings. The molecule has 0 aliphatic heterocycles. The number of hydrogen-bond donors (Lipinski definition) is 0. The van der Waals surface area contributed by atoms with Crippen LogP contribution in [0.1, 0.15) is 5.56 Å². The molecule has 6 aromatic rings. The van der Waals surface area contributed by atoms with Gasteiger partial charge in [0.1, 0.15) is 11.2 Å². The van der Waals surface area contributed by atoms with Crippen molar-refractivity contribution in [3.8, 4) is 33.4 Å². The molecule has 0 bridgehead atoms. The Morgan fingerprint density at radius 3 is 1.72 bits per heavy atom. The standard InChI is InChI=1S/C31H22O/c1-21-11-13-23(14-12-21)26-17-25(22-7-3-2-4-8-22)18-27(19-26)24-15-16-31-29(20-24)28-9-5-6-10-30(28)32-31/h2-20H,1H3. The Balaban J connectivity index is 1.57. The maximum absolute atomic E-state index is 6.04. The van der Waals surface area contributed by atoms with Crippen molar-refractivity contribution >= 4 is 21.9 Å². The van der Waals surface area contributed by atoms with Gasteiger partial charge in [-0.05, 0) is 76.7 Å². The molecule has 5 aromatic carbocycles. The zero-order chi connectivity index (χ0) is 21.5. The second-order valence-electron chi connectivity index (χ2n) is 8.34. The van der Waals surface area contributed by atoms with Gasteiger partial charge >= 0.3 is 0 Å². The molecule has 1 heterocycles. The Morgan fingerprint density at radius 2 is 0.969 bits per heavy atom. The van der Waals surface area contributed by atoms with Crippen LogP contribution >= 0.6 is 0 Å². The van der Waals surface area contributed by atoms with Gasteiger partial charge in [0, 0.05) is 10.8 Å². The smallest absolute Gasteiger partial charge is 0.135 e. The fourth-order valence-corrected chi connectivity index (χ4v) is 4.41. The Bertz CT molecular complexity index is 1550. The van der Waals surface area contributed by atoms with E-state index in [2.05, 4.69) is 110 Å². The van der Waals surface area contributed by atoms with Crippen LogP contribution in [0, 0.1) is 6.92 Å². The molecular formula is C31H22O. The van der Waals surface area contributed by atoms with Crippen LogP contribution in [0.5, 0.6) is 0 Å². The summed E-state index contributed by atoms with van der Waals surface area (Å²) in [5.74, 6) is 0. The fourth-order valence-electron chi connectivity index (χ4n) is 4.41. The minimum absolute atomic E-state index is 0.924. The van der Waals surface area contributed by atoms with Crippen molar-refractivity contribution in [1.82, 2.24) is 0 Å². The lowest BCUT2D eigenvalue weighted by Crippen LogP contribution is -1.86. The van der Waals surface area contributed by atoms with Gasteiger partial charge in [-0.2, -0.15) is 0 Å². The van der Waals surface area contributed by atoms with Crippen LogP contribution < -0.4 is 0 Å². The number of fused-ring (bicyclic) bond motifs is 3. The second kappa shape index (κ2) is 7.55. The average molecular weight is 411 g/mol. The number of para-hydroxylation sites is 1. The van der Waals surface area contributed by atoms with E-state index in [-0.39, 0.29) is 0 Å². The van der Waals surface area contributed by atoms with Crippen LogP contribution in [-0.2, 0) is 0 Å². The molecule has 0 saturated heterocycles. The van der Waals surface area contributed by atoms with Gasteiger partial charge in [0.15, 0.2) is 0 Å².